The van der Waals surface area contributed by atoms with Crippen LogP contribution in [0.5, 0.6) is 0 Å². The zero-order chi connectivity index (χ0) is 5.11. The molecule has 0 atom stereocenters. The fourth-order valence-corrected chi connectivity index (χ4v) is 1.03. The Labute approximate surface area is 58.5 Å². The van der Waals surface area contributed by atoms with Crippen LogP contribution in [0.25, 0.3) is 0 Å². The van der Waals surface area contributed by atoms with Crippen LogP contribution in [0, 0.1) is 0 Å². The van der Waals surface area contributed by atoms with E-state index < -0.39 is 0 Å². The number of pyridine rings is 1. The molecule has 1 aromatic rings. The summed E-state index contributed by atoms with van der Waals surface area (Å²) in [6, 6.07) is 5.98. The van der Waals surface area contributed by atoms with E-state index in [1.165, 1.54) is 3.25 Å². The van der Waals surface area contributed by atoms with Gasteiger partial charge in [0.05, 0.1) is 0 Å². The molecular formula is C5H4NPb. The van der Waals surface area contributed by atoms with E-state index >= 15 is 0 Å². The van der Waals surface area contributed by atoms with E-state index in [0.29, 0.717) is 0 Å². The molecule has 0 saturated heterocycles. The van der Waals surface area contributed by atoms with Gasteiger partial charge >= 0.3 is 58.4 Å². The summed E-state index contributed by atoms with van der Waals surface area (Å²) in [6.07, 6.45) is 1.82. The van der Waals surface area contributed by atoms with Crippen LogP contribution in [0.15, 0.2) is 24.4 Å². The molecule has 0 aromatic carbocycles. The Kier molecular flexibility index (Phi) is 1.79. The predicted octanol–water partition coefficient (Wildman–Crippen LogP) is -0.125. The Morgan fingerprint density at radius 2 is 2.29 bits per heavy atom. The fourth-order valence-electron chi connectivity index (χ4n) is 0.363. The first-order valence-electron chi connectivity index (χ1n) is 2.02. The molecule has 0 fully saturated rings. The fraction of sp³-hybridized carbons (Fsp3) is 0. The molecule has 0 N–H and O–H groups in total. The second-order valence-electron chi connectivity index (χ2n) is 1.21. The van der Waals surface area contributed by atoms with Gasteiger partial charge in [-0.15, -0.1) is 0 Å². The monoisotopic (exact) mass is 286 g/mol. The molecular weight excluding hydrogens is 281 g/mol. The minimum atomic E-state index is 1.06. The average molecular weight is 285 g/mol. The van der Waals surface area contributed by atoms with Gasteiger partial charge in [-0.3, -0.25) is 0 Å². The topological polar surface area (TPSA) is 12.9 Å². The minimum absolute atomic E-state index is 1.06. The predicted molar refractivity (Wildman–Crippen MR) is 29.6 cm³/mol. The summed E-state index contributed by atoms with van der Waals surface area (Å²) in [7, 11) is 0. The van der Waals surface area contributed by atoms with Gasteiger partial charge in [0.2, 0.25) is 0 Å². The molecule has 2 heteroatoms. The first-order chi connectivity index (χ1) is 3.39. The first-order valence-corrected chi connectivity index (χ1v) is 3.96. The zero-order valence-corrected chi connectivity index (χ0v) is 7.64. The Bertz CT molecular complexity index is 138. The van der Waals surface area contributed by atoms with E-state index in [4.69, 9.17) is 0 Å². The molecule has 0 aliphatic heterocycles. The molecule has 0 saturated carbocycles. The van der Waals surface area contributed by atoms with Crippen LogP contribution >= 0.6 is 0 Å². The van der Waals surface area contributed by atoms with Crippen LogP contribution in [-0.4, -0.2) is 30.8 Å². The second-order valence-corrected chi connectivity index (χ2v) is 3.21. The first kappa shape index (κ1) is 5.21. The van der Waals surface area contributed by atoms with Gasteiger partial charge in [-0.1, -0.05) is 0 Å². The standard InChI is InChI=1S/C5H4N.Pb/c1-2-4-6-5-3-1;/h1-4H;. The van der Waals surface area contributed by atoms with E-state index in [1.54, 1.807) is 0 Å². The molecule has 0 amide bonds. The van der Waals surface area contributed by atoms with Gasteiger partial charge in [-0.2, -0.15) is 0 Å². The van der Waals surface area contributed by atoms with Gasteiger partial charge in [-0.05, 0) is 0 Å². The van der Waals surface area contributed by atoms with Crippen LogP contribution in [0.3, 0.4) is 0 Å². The van der Waals surface area contributed by atoms with Crippen LogP contribution in [-0.2, 0) is 0 Å². The third kappa shape index (κ3) is 1.55. The maximum absolute atomic E-state index is 4.04. The van der Waals surface area contributed by atoms with Crippen molar-refractivity contribution in [2.45, 2.75) is 0 Å². The van der Waals surface area contributed by atoms with Crippen molar-refractivity contribution in [3.05, 3.63) is 24.4 Å². The van der Waals surface area contributed by atoms with E-state index in [0.717, 1.165) is 25.8 Å². The molecule has 0 bridgehead atoms. The summed E-state index contributed by atoms with van der Waals surface area (Å²) >= 11 is 1.06. The van der Waals surface area contributed by atoms with E-state index in [-0.39, 0.29) is 0 Å². The number of hydrogen-bond acceptors (Lipinski definition) is 1. The SMILES string of the molecule is [Pb][c]1ccccn1. The molecule has 1 nitrogen and oxygen atoms in total. The molecule has 7 heavy (non-hydrogen) atoms. The average Bonchev–Trinajstić information content (AvgIpc) is 1.69. The van der Waals surface area contributed by atoms with Crippen molar-refractivity contribution in [2.75, 3.05) is 0 Å². The molecule has 1 heterocycles. The van der Waals surface area contributed by atoms with Crippen molar-refractivity contribution in [1.29, 1.82) is 0 Å². The Morgan fingerprint density at radius 3 is 2.57 bits per heavy atom. The normalized spacial score (nSPS) is 8.71. The van der Waals surface area contributed by atoms with Gasteiger partial charge in [0.25, 0.3) is 0 Å². The second kappa shape index (κ2) is 2.40. The number of aromatic nitrogens is 1. The molecule has 0 aliphatic carbocycles. The molecule has 33 valence electrons. The van der Waals surface area contributed by atoms with Crippen molar-refractivity contribution in [3.63, 3.8) is 0 Å². The van der Waals surface area contributed by atoms with E-state index in [9.17, 15) is 0 Å². The zero-order valence-electron chi connectivity index (χ0n) is 3.76. The molecule has 3 radical (unpaired) electrons. The molecule has 1 aromatic heterocycles. The summed E-state index contributed by atoms with van der Waals surface area (Å²) in [6.45, 7) is 0. The summed E-state index contributed by atoms with van der Waals surface area (Å²) in [4.78, 5) is 4.04. The van der Waals surface area contributed by atoms with Gasteiger partial charge in [0.15, 0.2) is 0 Å². The van der Waals surface area contributed by atoms with Crippen molar-refractivity contribution in [1.82, 2.24) is 4.98 Å². The van der Waals surface area contributed by atoms with Gasteiger partial charge in [0, 0.05) is 0 Å². The van der Waals surface area contributed by atoms with Crippen molar-refractivity contribution < 1.29 is 0 Å². The van der Waals surface area contributed by atoms with Gasteiger partial charge < -0.3 is 0 Å². The summed E-state index contributed by atoms with van der Waals surface area (Å²) < 4.78 is 1.21. The number of rotatable bonds is 0. The Hall–Kier alpha value is 0.0721. The van der Waals surface area contributed by atoms with Crippen LogP contribution in [0.4, 0.5) is 0 Å². The van der Waals surface area contributed by atoms with E-state index in [2.05, 4.69) is 4.98 Å². The number of nitrogens with zero attached hydrogens (tertiary/aromatic N) is 1. The summed E-state index contributed by atoms with van der Waals surface area (Å²) in [5.41, 5.74) is 0. The summed E-state index contributed by atoms with van der Waals surface area (Å²) in [5.74, 6) is 0. The molecule has 0 unspecified atom stereocenters. The molecule has 0 aliphatic rings. The van der Waals surface area contributed by atoms with Crippen LogP contribution in [0.2, 0.25) is 0 Å². The summed E-state index contributed by atoms with van der Waals surface area (Å²) in [5, 5.41) is 0. The Morgan fingerprint density at radius 1 is 1.43 bits per heavy atom. The van der Waals surface area contributed by atoms with Crippen LogP contribution < -0.4 is 3.25 Å². The van der Waals surface area contributed by atoms with Crippen molar-refractivity contribution in [3.8, 4) is 0 Å². The third-order valence-electron chi connectivity index (χ3n) is 0.665. The Balaban J connectivity index is 3.02. The third-order valence-corrected chi connectivity index (χ3v) is 1.81. The van der Waals surface area contributed by atoms with Crippen LogP contribution in [0.1, 0.15) is 0 Å². The van der Waals surface area contributed by atoms with E-state index in [1.807, 2.05) is 24.4 Å². The number of hydrogen-bond donors (Lipinski definition) is 0. The van der Waals surface area contributed by atoms with Crippen molar-refractivity contribution in [2.24, 2.45) is 0 Å². The van der Waals surface area contributed by atoms with Gasteiger partial charge in [0.1, 0.15) is 0 Å². The van der Waals surface area contributed by atoms with Gasteiger partial charge in [-0.25, -0.2) is 0 Å². The molecule has 0 spiro atoms. The quantitative estimate of drug-likeness (QED) is 0.606. The van der Waals surface area contributed by atoms with Crippen molar-refractivity contribution >= 4 is 29.0 Å². The molecule has 1 rings (SSSR count). The maximum atomic E-state index is 4.04.